The van der Waals surface area contributed by atoms with Crippen LogP contribution in [0.4, 0.5) is 0 Å². The predicted octanol–water partition coefficient (Wildman–Crippen LogP) is 2.64. The van der Waals surface area contributed by atoms with Crippen LogP contribution in [-0.4, -0.2) is 55.9 Å². The average Bonchev–Trinajstić information content (AvgIpc) is 3.25. The molecule has 1 fully saturated rings. The van der Waals surface area contributed by atoms with E-state index in [4.69, 9.17) is 9.47 Å². The third kappa shape index (κ3) is 4.23. The van der Waals surface area contributed by atoms with Crippen LogP contribution < -0.4 is 9.47 Å². The Hall–Kier alpha value is -3.42. The normalized spacial score (nSPS) is 18.9. The van der Waals surface area contributed by atoms with E-state index >= 15 is 0 Å². The summed E-state index contributed by atoms with van der Waals surface area (Å²) >= 11 is 0. The van der Waals surface area contributed by atoms with Gasteiger partial charge in [0, 0.05) is 62.7 Å². The number of amides is 1. The molecule has 1 atom stereocenters. The van der Waals surface area contributed by atoms with Gasteiger partial charge in [0.1, 0.15) is 11.9 Å². The maximum atomic E-state index is 12.9. The predicted molar refractivity (Wildman–Crippen MR) is 114 cm³/mol. The van der Waals surface area contributed by atoms with E-state index in [-0.39, 0.29) is 12.0 Å². The van der Waals surface area contributed by atoms with E-state index in [2.05, 4.69) is 21.1 Å². The molecule has 0 spiro atoms. The van der Waals surface area contributed by atoms with Crippen molar-refractivity contribution in [2.45, 2.75) is 37.9 Å². The zero-order chi connectivity index (χ0) is 21.2. The molecule has 2 aliphatic rings. The van der Waals surface area contributed by atoms with E-state index in [1.54, 1.807) is 23.3 Å². The number of carbonyl (C=O) groups excluding carboxylic acids is 1. The lowest BCUT2D eigenvalue weighted by molar-refractivity contribution is -0.141. The van der Waals surface area contributed by atoms with Crippen LogP contribution in [0.5, 0.6) is 11.8 Å². The lowest BCUT2D eigenvalue weighted by Crippen LogP contribution is -2.48. The molecule has 0 saturated carbocycles. The fourth-order valence-corrected chi connectivity index (χ4v) is 4.14. The molecule has 1 saturated heterocycles. The summed E-state index contributed by atoms with van der Waals surface area (Å²) < 4.78 is 13.7. The number of nitrogens with zero attached hydrogens (tertiary/aromatic N) is 5. The minimum absolute atomic E-state index is 0.00120. The smallest absolute Gasteiger partial charge is 0.316 e. The molecule has 0 bridgehead atoms. The van der Waals surface area contributed by atoms with Crippen LogP contribution >= 0.6 is 0 Å². The largest absolute Gasteiger partial charge is 0.480 e. The molecule has 8 heteroatoms. The van der Waals surface area contributed by atoms with Gasteiger partial charge in [-0.15, -0.1) is 0 Å². The van der Waals surface area contributed by atoms with Crippen molar-refractivity contribution in [3.8, 4) is 22.9 Å². The maximum Gasteiger partial charge on any atom is 0.316 e. The Morgan fingerprint density at radius 2 is 1.84 bits per heavy atom. The number of para-hydroxylation sites is 1. The number of aromatic nitrogens is 4. The number of likely N-dealkylation sites (tertiary alicyclic amines) is 1. The van der Waals surface area contributed by atoms with Crippen molar-refractivity contribution in [3.63, 3.8) is 0 Å². The standard InChI is InChI=1S/C23H25N5O3/c1-27-15-18(14-26-27)17-12-24-23(25-13-17)30-19-8-10-28(11-9-19)22(29)21-7-6-16-4-2-3-5-20(16)31-21/h2-5,12-15,19,21H,6-11H2,1H3. The molecule has 2 aliphatic heterocycles. The van der Waals surface area contributed by atoms with E-state index in [1.165, 1.54) is 5.56 Å². The number of hydrogen-bond acceptors (Lipinski definition) is 6. The third-order valence-corrected chi connectivity index (χ3v) is 5.89. The lowest BCUT2D eigenvalue weighted by Gasteiger charge is -2.35. The highest BCUT2D eigenvalue weighted by Crippen LogP contribution is 2.28. The van der Waals surface area contributed by atoms with Crippen molar-refractivity contribution in [2.24, 2.45) is 7.05 Å². The monoisotopic (exact) mass is 419 g/mol. The minimum Gasteiger partial charge on any atom is -0.480 e. The Morgan fingerprint density at radius 3 is 2.58 bits per heavy atom. The number of carbonyl (C=O) groups is 1. The van der Waals surface area contributed by atoms with Gasteiger partial charge in [-0.05, 0) is 24.5 Å². The van der Waals surface area contributed by atoms with Crippen molar-refractivity contribution in [3.05, 3.63) is 54.6 Å². The maximum absolute atomic E-state index is 12.9. The third-order valence-electron chi connectivity index (χ3n) is 5.89. The molecule has 5 rings (SSSR count). The van der Waals surface area contributed by atoms with Gasteiger partial charge in [-0.1, -0.05) is 18.2 Å². The summed E-state index contributed by atoms with van der Waals surface area (Å²) in [5.41, 5.74) is 3.04. The molecule has 8 nitrogen and oxygen atoms in total. The summed E-state index contributed by atoms with van der Waals surface area (Å²) in [6, 6.07) is 8.31. The number of aryl methyl sites for hydroxylation is 2. The molecule has 31 heavy (non-hydrogen) atoms. The number of ether oxygens (including phenoxy) is 2. The Bertz CT molecular complexity index is 1060. The first kappa shape index (κ1) is 19.5. The molecule has 1 aromatic carbocycles. The number of benzene rings is 1. The summed E-state index contributed by atoms with van der Waals surface area (Å²) in [6.45, 7) is 1.30. The Morgan fingerprint density at radius 1 is 1.06 bits per heavy atom. The number of hydrogen-bond donors (Lipinski definition) is 0. The second kappa shape index (κ2) is 8.37. The first-order valence-electron chi connectivity index (χ1n) is 10.7. The average molecular weight is 419 g/mol. The first-order chi connectivity index (χ1) is 15.2. The summed E-state index contributed by atoms with van der Waals surface area (Å²) in [4.78, 5) is 23.5. The van der Waals surface area contributed by atoms with Gasteiger partial charge < -0.3 is 14.4 Å². The van der Waals surface area contributed by atoms with Gasteiger partial charge in [-0.3, -0.25) is 9.48 Å². The fourth-order valence-electron chi connectivity index (χ4n) is 4.14. The highest BCUT2D eigenvalue weighted by Gasteiger charge is 2.32. The molecule has 0 aliphatic carbocycles. The van der Waals surface area contributed by atoms with E-state index in [9.17, 15) is 4.79 Å². The summed E-state index contributed by atoms with van der Waals surface area (Å²) in [5.74, 6) is 0.905. The van der Waals surface area contributed by atoms with E-state index in [1.807, 2.05) is 36.3 Å². The van der Waals surface area contributed by atoms with Gasteiger partial charge in [-0.2, -0.15) is 5.10 Å². The van der Waals surface area contributed by atoms with Crippen LogP contribution in [0.3, 0.4) is 0 Å². The zero-order valence-electron chi connectivity index (χ0n) is 17.5. The molecule has 0 radical (unpaired) electrons. The first-order valence-corrected chi connectivity index (χ1v) is 10.7. The quantitative estimate of drug-likeness (QED) is 0.647. The molecule has 0 N–H and O–H groups in total. The molecule has 160 valence electrons. The second-order valence-corrected chi connectivity index (χ2v) is 8.05. The topological polar surface area (TPSA) is 82.4 Å². The highest BCUT2D eigenvalue weighted by atomic mass is 16.5. The summed E-state index contributed by atoms with van der Waals surface area (Å²) in [5, 5.41) is 4.16. The number of fused-ring (bicyclic) bond motifs is 1. The van der Waals surface area contributed by atoms with Crippen LogP contribution in [0.2, 0.25) is 0 Å². The lowest BCUT2D eigenvalue weighted by atomic mass is 10.0. The van der Waals surface area contributed by atoms with Crippen molar-refractivity contribution in [1.29, 1.82) is 0 Å². The van der Waals surface area contributed by atoms with Crippen molar-refractivity contribution >= 4 is 5.91 Å². The fraction of sp³-hybridized carbons (Fsp3) is 0.391. The number of piperidine rings is 1. The molecular formula is C23H25N5O3. The molecule has 1 amide bonds. The van der Waals surface area contributed by atoms with Crippen molar-refractivity contribution < 1.29 is 14.3 Å². The minimum atomic E-state index is -0.393. The van der Waals surface area contributed by atoms with Crippen LogP contribution in [0.15, 0.2) is 49.1 Å². The summed E-state index contributed by atoms with van der Waals surface area (Å²) in [6.07, 6.45) is 9.90. The van der Waals surface area contributed by atoms with Crippen LogP contribution in [0, 0.1) is 0 Å². The zero-order valence-corrected chi connectivity index (χ0v) is 17.5. The Kier molecular flexibility index (Phi) is 5.28. The van der Waals surface area contributed by atoms with Gasteiger partial charge in [0.2, 0.25) is 0 Å². The van der Waals surface area contributed by atoms with Gasteiger partial charge in [0.05, 0.1) is 6.20 Å². The van der Waals surface area contributed by atoms with Crippen LogP contribution in [-0.2, 0) is 18.3 Å². The van der Waals surface area contributed by atoms with Gasteiger partial charge in [-0.25, -0.2) is 9.97 Å². The van der Waals surface area contributed by atoms with Gasteiger partial charge in [0.15, 0.2) is 6.10 Å². The molecule has 4 heterocycles. The van der Waals surface area contributed by atoms with Gasteiger partial charge in [0.25, 0.3) is 5.91 Å². The number of rotatable bonds is 4. The molecule has 1 unspecified atom stereocenters. The SMILES string of the molecule is Cn1cc(-c2cnc(OC3CCN(C(=O)C4CCc5ccccc5O4)CC3)nc2)cn1. The Labute approximate surface area is 180 Å². The highest BCUT2D eigenvalue weighted by molar-refractivity contribution is 5.81. The van der Waals surface area contributed by atoms with E-state index in [0.717, 1.165) is 42.6 Å². The molecular weight excluding hydrogens is 394 g/mol. The van der Waals surface area contributed by atoms with E-state index < -0.39 is 6.10 Å². The second-order valence-electron chi connectivity index (χ2n) is 8.05. The van der Waals surface area contributed by atoms with Crippen molar-refractivity contribution in [1.82, 2.24) is 24.6 Å². The van der Waals surface area contributed by atoms with Gasteiger partial charge >= 0.3 is 6.01 Å². The van der Waals surface area contributed by atoms with E-state index in [0.29, 0.717) is 19.1 Å². The molecule has 3 aromatic rings. The Balaban J connectivity index is 1.13. The van der Waals surface area contributed by atoms with Crippen molar-refractivity contribution in [2.75, 3.05) is 13.1 Å². The van der Waals surface area contributed by atoms with Crippen LogP contribution in [0.1, 0.15) is 24.8 Å². The molecule has 2 aromatic heterocycles. The summed E-state index contributed by atoms with van der Waals surface area (Å²) in [7, 11) is 1.87. The van der Waals surface area contributed by atoms with Crippen LogP contribution in [0.25, 0.3) is 11.1 Å².